The minimum Gasteiger partial charge on any atom is -0.508 e. The molecule has 1 unspecified atom stereocenters. The van der Waals surface area contributed by atoms with Crippen LogP contribution < -0.4 is 0 Å². The first-order valence-electron chi connectivity index (χ1n) is 8.04. The number of aliphatic hydroxyl groups excluding tert-OH is 1. The smallest absolute Gasteiger partial charge is 0.121 e. The van der Waals surface area contributed by atoms with Crippen LogP contribution in [0.3, 0.4) is 0 Å². The van der Waals surface area contributed by atoms with Crippen molar-refractivity contribution in [1.82, 2.24) is 0 Å². The molecule has 0 saturated carbocycles. The second kappa shape index (κ2) is 6.87. The van der Waals surface area contributed by atoms with Gasteiger partial charge in [-0.15, -0.1) is 0 Å². The van der Waals surface area contributed by atoms with E-state index in [0.717, 1.165) is 16.7 Å². The number of hydrogen-bond acceptors (Lipinski definition) is 4. The van der Waals surface area contributed by atoms with Crippen molar-refractivity contribution in [3.8, 4) is 17.2 Å². The maximum Gasteiger partial charge on any atom is 0.121 e. The monoisotopic (exact) mass is 336 g/mol. The van der Waals surface area contributed by atoms with Crippen molar-refractivity contribution in [1.29, 1.82) is 0 Å². The zero-order valence-corrected chi connectivity index (χ0v) is 13.8. The second-order valence-electron chi connectivity index (χ2n) is 6.11. The van der Waals surface area contributed by atoms with E-state index in [1.165, 1.54) is 0 Å². The van der Waals surface area contributed by atoms with Crippen molar-refractivity contribution in [2.24, 2.45) is 0 Å². The first kappa shape index (κ1) is 16.9. The molecule has 0 spiro atoms. The molecule has 0 heterocycles. The molecule has 4 nitrogen and oxygen atoms in total. The van der Waals surface area contributed by atoms with E-state index in [-0.39, 0.29) is 23.2 Å². The third kappa shape index (κ3) is 3.59. The number of phenolic OH excluding ortho intramolecular Hbond substituents is 3. The van der Waals surface area contributed by atoms with E-state index < -0.39 is 6.10 Å². The van der Waals surface area contributed by atoms with Gasteiger partial charge < -0.3 is 20.4 Å². The molecular weight excluding hydrogens is 316 g/mol. The Morgan fingerprint density at radius 2 is 1.08 bits per heavy atom. The Hall–Kier alpha value is -2.98. The van der Waals surface area contributed by atoms with Gasteiger partial charge in [-0.2, -0.15) is 0 Å². The molecule has 0 fully saturated rings. The van der Waals surface area contributed by atoms with Crippen LogP contribution in [0.4, 0.5) is 0 Å². The lowest BCUT2D eigenvalue weighted by atomic mass is 9.84. The summed E-state index contributed by atoms with van der Waals surface area (Å²) in [5, 5.41) is 39.0. The Kier molecular flexibility index (Phi) is 4.63. The maximum atomic E-state index is 9.97. The fourth-order valence-corrected chi connectivity index (χ4v) is 3.00. The number of rotatable bonds is 4. The fourth-order valence-electron chi connectivity index (χ4n) is 3.00. The van der Waals surface area contributed by atoms with Gasteiger partial charge in [0.15, 0.2) is 0 Å². The molecule has 0 aliphatic rings. The van der Waals surface area contributed by atoms with Crippen LogP contribution in [-0.4, -0.2) is 20.4 Å². The summed E-state index contributed by atoms with van der Waals surface area (Å²) in [7, 11) is 0. The molecule has 0 saturated heterocycles. The normalized spacial score (nSPS) is 12.3. The van der Waals surface area contributed by atoms with Gasteiger partial charge in [-0.1, -0.05) is 30.3 Å². The van der Waals surface area contributed by atoms with Gasteiger partial charge >= 0.3 is 0 Å². The molecule has 0 aliphatic heterocycles. The van der Waals surface area contributed by atoms with Crippen molar-refractivity contribution in [3.63, 3.8) is 0 Å². The zero-order chi connectivity index (χ0) is 18.0. The van der Waals surface area contributed by atoms with E-state index >= 15 is 0 Å². The average molecular weight is 336 g/mol. The number of aliphatic hydroxyl groups is 1. The lowest BCUT2D eigenvalue weighted by molar-refractivity contribution is 0.195. The van der Waals surface area contributed by atoms with Crippen LogP contribution in [0, 0.1) is 0 Å². The van der Waals surface area contributed by atoms with Crippen molar-refractivity contribution >= 4 is 0 Å². The summed E-state index contributed by atoms with van der Waals surface area (Å²) >= 11 is 0. The average Bonchev–Trinajstić information content (AvgIpc) is 2.59. The molecule has 0 radical (unpaired) electrons. The molecule has 3 aromatic rings. The lowest BCUT2D eigenvalue weighted by Gasteiger charge is -2.21. The number of phenols is 3. The third-order valence-corrected chi connectivity index (χ3v) is 4.29. The van der Waals surface area contributed by atoms with Crippen LogP contribution >= 0.6 is 0 Å². The van der Waals surface area contributed by atoms with Gasteiger partial charge in [0.1, 0.15) is 17.2 Å². The van der Waals surface area contributed by atoms with Crippen LogP contribution in [0.2, 0.25) is 0 Å². The molecule has 3 rings (SSSR count). The quantitative estimate of drug-likeness (QED) is 0.542. The fraction of sp³-hybridized carbons (Fsp3) is 0.143. The predicted molar refractivity (Wildman–Crippen MR) is 95.9 cm³/mol. The van der Waals surface area contributed by atoms with Gasteiger partial charge in [0.25, 0.3) is 0 Å². The molecule has 25 heavy (non-hydrogen) atoms. The van der Waals surface area contributed by atoms with Gasteiger partial charge in [-0.05, 0) is 60.0 Å². The van der Waals surface area contributed by atoms with E-state index in [1.54, 1.807) is 43.3 Å². The summed E-state index contributed by atoms with van der Waals surface area (Å²) in [6.45, 7) is 1.61. The zero-order valence-electron chi connectivity index (χ0n) is 13.8. The van der Waals surface area contributed by atoms with Crippen LogP contribution in [-0.2, 0) is 0 Å². The SMILES string of the molecule is CC(O)c1cc(C(c2ccc(O)cc2)c2ccc(O)cc2)ccc1O. The lowest BCUT2D eigenvalue weighted by Crippen LogP contribution is -2.05. The Bertz CT molecular complexity index is 807. The van der Waals surface area contributed by atoms with E-state index in [4.69, 9.17) is 0 Å². The summed E-state index contributed by atoms with van der Waals surface area (Å²) in [6.07, 6.45) is -0.791. The maximum absolute atomic E-state index is 9.97. The highest BCUT2D eigenvalue weighted by Gasteiger charge is 2.19. The third-order valence-electron chi connectivity index (χ3n) is 4.29. The van der Waals surface area contributed by atoms with Crippen LogP contribution in [0.1, 0.15) is 41.2 Å². The van der Waals surface area contributed by atoms with Crippen molar-refractivity contribution in [2.45, 2.75) is 18.9 Å². The Balaban J connectivity index is 2.15. The topological polar surface area (TPSA) is 80.9 Å². The Labute approximate surface area is 146 Å². The molecule has 4 N–H and O–H groups in total. The Morgan fingerprint density at radius 3 is 1.52 bits per heavy atom. The van der Waals surface area contributed by atoms with Gasteiger partial charge in [0.2, 0.25) is 0 Å². The Morgan fingerprint density at radius 1 is 0.640 bits per heavy atom. The molecule has 4 heteroatoms. The predicted octanol–water partition coefficient (Wildman–Crippen LogP) is 4.04. The number of benzene rings is 3. The molecular formula is C21H20O4. The molecule has 0 bridgehead atoms. The van der Waals surface area contributed by atoms with Crippen molar-refractivity contribution < 1.29 is 20.4 Å². The molecule has 0 aliphatic carbocycles. The number of hydrogen-bond donors (Lipinski definition) is 4. The van der Waals surface area contributed by atoms with Gasteiger partial charge in [-0.3, -0.25) is 0 Å². The van der Waals surface area contributed by atoms with E-state index in [1.807, 2.05) is 30.3 Å². The molecule has 128 valence electrons. The van der Waals surface area contributed by atoms with Crippen molar-refractivity contribution in [2.75, 3.05) is 0 Å². The minimum atomic E-state index is -0.791. The number of aromatic hydroxyl groups is 3. The van der Waals surface area contributed by atoms with Crippen LogP contribution in [0.15, 0.2) is 66.7 Å². The highest BCUT2D eigenvalue weighted by molar-refractivity contribution is 5.48. The first-order valence-corrected chi connectivity index (χ1v) is 8.04. The molecule has 3 aromatic carbocycles. The van der Waals surface area contributed by atoms with Crippen molar-refractivity contribution in [3.05, 3.63) is 89.0 Å². The minimum absolute atomic E-state index is 0.0499. The molecule has 0 aromatic heterocycles. The second-order valence-corrected chi connectivity index (χ2v) is 6.11. The van der Waals surface area contributed by atoms with Gasteiger partial charge in [0, 0.05) is 11.5 Å². The van der Waals surface area contributed by atoms with Crippen LogP contribution in [0.25, 0.3) is 0 Å². The summed E-state index contributed by atoms with van der Waals surface area (Å²) in [4.78, 5) is 0. The first-order chi connectivity index (χ1) is 12.0. The van der Waals surface area contributed by atoms with Crippen LogP contribution in [0.5, 0.6) is 17.2 Å². The van der Waals surface area contributed by atoms with E-state index in [2.05, 4.69) is 0 Å². The summed E-state index contributed by atoms with van der Waals surface area (Å²) in [6, 6.07) is 19.0. The van der Waals surface area contributed by atoms with E-state index in [9.17, 15) is 20.4 Å². The van der Waals surface area contributed by atoms with Gasteiger partial charge in [0.05, 0.1) is 6.10 Å². The van der Waals surface area contributed by atoms with E-state index in [0.29, 0.717) is 5.56 Å². The van der Waals surface area contributed by atoms with Gasteiger partial charge in [-0.25, -0.2) is 0 Å². The highest BCUT2D eigenvalue weighted by Crippen LogP contribution is 2.36. The standard InChI is InChI=1S/C21H20O4/c1-13(22)19-12-16(6-11-20(19)25)21(14-2-7-17(23)8-3-14)15-4-9-18(24)10-5-15/h2-13,21-25H,1H3. The largest absolute Gasteiger partial charge is 0.508 e. The molecule has 0 amide bonds. The summed E-state index contributed by atoms with van der Waals surface area (Å²) in [5.41, 5.74) is 3.25. The summed E-state index contributed by atoms with van der Waals surface area (Å²) in [5.74, 6) is 0.250. The highest BCUT2D eigenvalue weighted by atomic mass is 16.3. The molecule has 1 atom stereocenters. The summed E-state index contributed by atoms with van der Waals surface area (Å²) < 4.78 is 0.